The number of methoxy groups -OCH3 is 4. The summed E-state index contributed by atoms with van der Waals surface area (Å²) in [7, 11) is 6.58. The van der Waals surface area contributed by atoms with Crippen LogP contribution in [-0.4, -0.2) is 47.3 Å². The van der Waals surface area contributed by atoms with Gasteiger partial charge in [-0.15, -0.1) is 0 Å². The number of ether oxygens (including phenoxy) is 5. The van der Waals surface area contributed by atoms with Gasteiger partial charge in [0.2, 0.25) is 0 Å². The number of rotatable bonds is 5. The molecule has 1 saturated heterocycles. The van der Waals surface area contributed by atoms with Crippen LogP contribution >= 0.6 is 0 Å². The van der Waals surface area contributed by atoms with Crippen LogP contribution < -0.4 is 0 Å². The van der Waals surface area contributed by atoms with Crippen molar-refractivity contribution in [2.75, 3.05) is 28.4 Å². The molecular formula is C10H18O5. The Bertz CT molecular complexity index is 198. The Morgan fingerprint density at radius 3 is 1.67 bits per heavy atom. The molecule has 0 aromatic carbocycles. The summed E-state index contributed by atoms with van der Waals surface area (Å²) in [5.41, 5.74) is 0. The maximum atomic E-state index is 5.54. The number of fused-ring (bicyclic) bond motifs is 1. The molecular weight excluding hydrogens is 200 g/mol. The maximum Gasteiger partial charge on any atom is 0.164 e. The SMILES string of the molecule is COC(OC)C1C2C(OC)OC(OC)C12. The molecule has 0 aromatic heterocycles. The van der Waals surface area contributed by atoms with Crippen molar-refractivity contribution >= 4 is 0 Å². The van der Waals surface area contributed by atoms with Gasteiger partial charge in [0.05, 0.1) is 0 Å². The lowest BCUT2D eigenvalue weighted by molar-refractivity contribution is -0.229. The second kappa shape index (κ2) is 4.35. The summed E-state index contributed by atoms with van der Waals surface area (Å²) in [6.45, 7) is 0. The van der Waals surface area contributed by atoms with Crippen molar-refractivity contribution in [2.45, 2.75) is 18.9 Å². The van der Waals surface area contributed by atoms with Crippen LogP contribution in [0.4, 0.5) is 0 Å². The summed E-state index contributed by atoms with van der Waals surface area (Å²) >= 11 is 0. The Morgan fingerprint density at radius 1 is 0.867 bits per heavy atom. The highest BCUT2D eigenvalue weighted by Crippen LogP contribution is 2.59. The molecule has 0 aromatic rings. The first kappa shape index (κ1) is 11.3. The molecule has 0 N–H and O–H groups in total. The Labute approximate surface area is 89.6 Å². The minimum atomic E-state index is -0.197. The molecule has 4 atom stereocenters. The van der Waals surface area contributed by atoms with Gasteiger partial charge in [0, 0.05) is 46.2 Å². The lowest BCUT2D eigenvalue weighted by Gasteiger charge is -2.22. The summed E-state index contributed by atoms with van der Waals surface area (Å²) in [6, 6.07) is 0. The molecule has 15 heavy (non-hydrogen) atoms. The van der Waals surface area contributed by atoms with E-state index in [1.807, 2.05) is 0 Å². The van der Waals surface area contributed by atoms with E-state index in [0.717, 1.165) is 0 Å². The van der Waals surface area contributed by atoms with Crippen molar-refractivity contribution in [3.05, 3.63) is 0 Å². The molecule has 0 radical (unpaired) electrons. The fraction of sp³-hybridized carbons (Fsp3) is 1.00. The average Bonchev–Trinajstić information content (AvgIpc) is 2.87. The van der Waals surface area contributed by atoms with Crippen LogP contribution in [0.3, 0.4) is 0 Å². The fourth-order valence-electron chi connectivity index (χ4n) is 2.62. The van der Waals surface area contributed by atoms with Crippen LogP contribution in [0.15, 0.2) is 0 Å². The first-order valence-electron chi connectivity index (χ1n) is 5.05. The number of hydrogen-bond donors (Lipinski definition) is 0. The van der Waals surface area contributed by atoms with E-state index in [1.165, 1.54) is 0 Å². The summed E-state index contributed by atoms with van der Waals surface area (Å²) in [6.07, 6.45) is -0.588. The van der Waals surface area contributed by atoms with Gasteiger partial charge < -0.3 is 23.7 Å². The standard InChI is InChI=1S/C10H18O5/c1-11-8(12-2)5-6-7(5)10(14-4)15-9(6)13-3/h5-10H,1-4H3. The van der Waals surface area contributed by atoms with E-state index < -0.39 is 0 Å². The lowest BCUT2D eigenvalue weighted by atomic mass is 10.3. The van der Waals surface area contributed by atoms with Crippen LogP contribution in [0, 0.1) is 17.8 Å². The molecule has 2 rings (SSSR count). The second-order valence-electron chi connectivity index (χ2n) is 3.92. The monoisotopic (exact) mass is 218 g/mol. The maximum absolute atomic E-state index is 5.54. The highest BCUT2D eigenvalue weighted by Gasteiger charge is 2.68. The summed E-state index contributed by atoms with van der Waals surface area (Å²) in [5, 5.41) is 0. The number of hydrogen-bond acceptors (Lipinski definition) is 5. The molecule has 1 aliphatic heterocycles. The van der Waals surface area contributed by atoms with Crippen molar-refractivity contribution in [1.82, 2.24) is 0 Å². The van der Waals surface area contributed by atoms with Crippen LogP contribution in [0.25, 0.3) is 0 Å². The zero-order chi connectivity index (χ0) is 11.0. The van der Waals surface area contributed by atoms with E-state index >= 15 is 0 Å². The molecule has 2 aliphatic rings. The van der Waals surface area contributed by atoms with Crippen LogP contribution in [0.1, 0.15) is 0 Å². The van der Waals surface area contributed by atoms with Crippen molar-refractivity contribution in [1.29, 1.82) is 0 Å². The average molecular weight is 218 g/mol. The highest BCUT2D eigenvalue weighted by molar-refractivity contribution is 5.06. The molecule has 4 unspecified atom stereocenters. The van der Waals surface area contributed by atoms with E-state index in [1.54, 1.807) is 28.4 Å². The van der Waals surface area contributed by atoms with Gasteiger partial charge in [0.1, 0.15) is 0 Å². The summed E-state index contributed by atoms with van der Waals surface area (Å²) in [5.74, 6) is 0.957. The molecule has 2 fully saturated rings. The van der Waals surface area contributed by atoms with Crippen molar-refractivity contribution in [3.8, 4) is 0 Å². The molecule has 0 spiro atoms. The van der Waals surface area contributed by atoms with Gasteiger partial charge in [-0.2, -0.15) is 0 Å². The highest BCUT2D eigenvalue weighted by atomic mass is 16.8. The van der Waals surface area contributed by atoms with E-state index in [9.17, 15) is 0 Å². The minimum Gasteiger partial charge on any atom is -0.356 e. The predicted molar refractivity (Wildman–Crippen MR) is 51.0 cm³/mol. The molecule has 5 nitrogen and oxygen atoms in total. The van der Waals surface area contributed by atoms with Gasteiger partial charge >= 0.3 is 0 Å². The first-order valence-corrected chi connectivity index (χ1v) is 5.05. The summed E-state index contributed by atoms with van der Waals surface area (Å²) < 4.78 is 26.6. The molecule has 1 saturated carbocycles. The topological polar surface area (TPSA) is 46.2 Å². The molecule has 1 aliphatic carbocycles. The van der Waals surface area contributed by atoms with E-state index in [2.05, 4.69) is 0 Å². The minimum absolute atomic E-state index is 0.195. The van der Waals surface area contributed by atoms with Gasteiger partial charge in [0.25, 0.3) is 0 Å². The zero-order valence-electron chi connectivity index (χ0n) is 9.51. The fourth-order valence-corrected chi connectivity index (χ4v) is 2.62. The predicted octanol–water partition coefficient (Wildman–Crippen LogP) is 0.443. The van der Waals surface area contributed by atoms with Crippen molar-refractivity contribution < 1.29 is 23.7 Å². The molecule has 0 bridgehead atoms. The molecule has 0 amide bonds. The lowest BCUT2D eigenvalue weighted by Crippen LogP contribution is -2.29. The van der Waals surface area contributed by atoms with Crippen molar-refractivity contribution in [3.63, 3.8) is 0 Å². The first-order chi connectivity index (χ1) is 7.28. The third-order valence-corrected chi connectivity index (χ3v) is 3.33. The van der Waals surface area contributed by atoms with Gasteiger partial charge in [-0.05, 0) is 0 Å². The molecule has 1 heterocycles. The summed E-state index contributed by atoms with van der Waals surface area (Å²) in [4.78, 5) is 0. The van der Waals surface area contributed by atoms with Crippen LogP contribution in [0.5, 0.6) is 0 Å². The Hall–Kier alpha value is -0.200. The smallest absolute Gasteiger partial charge is 0.164 e. The third-order valence-electron chi connectivity index (χ3n) is 3.33. The normalized spacial score (nSPS) is 43.4. The molecule has 88 valence electrons. The van der Waals surface area contributed by atoms with Crippen LogP contribution in [0.2, 0.25) is 0 Å². The van der Waals surface area contributed by atoms with E-state index in [0.29, 0.717) is 17.8 Å². The van der Waals surface area contributed by atoms with Crippen molar-refractivity contribution in [2.24, 2.45) is 17.8 Å². The second-order valence-corrected chi connectivity index (χ2v) is 3.92. The van der Waals surface area contributed by atoms with Gasteiger partial charge in [-0.3, -0.25) is 0 Å². The largest absolute Gasteiger partial charge is 0.356 e. The quantitative estimate of drug-likeness (QED) is 0.627. The van der Waals surface area contributed by atoms with E-state index in [-0.39, 0.29) is 18.9 Å². The van der Waals surface area contributed by atoms with Gasteiger partial charge in [-0.1, -0.05) is 0 Å². The Morgan fingerprint density at radius 2 is 1.33 bits per heavy atom. The Kier molecular flexibility index (Phi) is 3.27. The zero-order valence-corrected chi connectivity index (χ0v) is 9.51. The molecule has 5 heteroatoms. The van der Waals surface area contributed by atoms with Gasteiger partial charge in [0.15, 0.2) is 18.9 Å². The third kappa shape index (κ3) is 1.68. The van der Waals surface area contributed by atoms with Crippen LogP contribution in [-0.2, 0) is 23.7 Å². The van der Waals surface area contributed by atoms with E-state index in [4.69, 9.17) is 23.7 Å². The Balaban J connectivity index is 2.01. The van der Waals surface area contributed by atoms with Gasteiger partial charge in [-0.25, -0.2) is 0 Å².